The summed E-state index contributed by atoms with van der Waals surface area (Å²) in [5, 5.41) is 9.72. The van der Waals surface area contributed by atoms with Crippen LogP contribution in [0.4, 0.5) is 0 Å². The highest BCUT2D eigenvalue weighted by Gasteiger charge is 2.32. The summed E-state index contributed by atoms with van der Waals surface area (Å²) in [4.78, 5) is 14.4. The first-order valence-corrected chi connectivity index (χ1v) is 6.71. The Morgan fingerprint density at radius 2 is 2.11 bits per heavy atom. The zero-order chi connectivity index (χ0) is 13.1. The van der Waals surface area contributed by atoms with E-state index in [1.165, 1.54) is 0 Å². The first-order chi connectivity index (χ1) is 8.63. The fraction of sp³-hybridized carbons (Fsp3) is 0.533. The number of hydrogen-bond donors (Lipinski definition) is 1. The molecule has 0 aliphatic carbocycles. The maximum absolute atomic E-state index is 12.4. The van der Waals surface area contributed by atoms with Crippen LogP contribution >= 0.6 is 0 Å². The van der Waals surface area contributed by atoms with Gasteiger partial charge in [-0.05, 0) is 32.3 Å². The van der Waals surface area contributed by atoms with Crippen LogP contribution < -0.4 is 0 Å². The van der Waals surface area contributed by atoms with Crippen LogP contribution in [0.15, 0.2) is 24.3 Å². The molecular formula is C15H21NO2. The highest BCUT2D eigenvalue weighted by molar-refractivity contribution is 5.80. The number of likely N-dealkylation sites (tertiary alicyclic amines) is 1. The lowest BCUT2D eigenvalue weighted by Crippen LogP contribution is -2.40. The quantitative estimate of drug-likeness (QED) is 0.892. The monoisotopic (exact) mass is 247 g/mol. The number of carbonyl (C=O) groups excluding carboxylic acids is 1. The van der Waals surface area contributed by atoms with Crippen LogP contribution in [0, 0.1) is 0 Å². The van der Waals surface area contributed by atoms with Crippen LogP contribution in [0.3, 0.4) is 0 Å². The average molecular weight is 247 g/mol. The Labute approximate surface area is 108 Å². The molecule has 2 rings (SSSR count). The fourth-order valence-corrected chi connectivity index (χ4v) is 2.84. The maximum Gasteiger partial charge on any atom is 0.227 e. The van der Waals surface area contributed by atoms with Crippen molar-refractivity contribution in [3.05, 3.63) is 29.8 Å². The minimum Gasteiger partial charge on any atom is -0.508 e. The number of phenolic OH excluding ortho intramolecular Hbond substituents is 1. The van der Waals surface area contributed by atoms with Gasteiger partial charge >= 0.3 is 0 Å². The van der Waals surface area contributed by atoms with Crippen LogP contribution in [0.2, 0.25) is 0 Å². The molecule has 98 valence electrons. The van der Waals surface area contributed by atoms with E-state index >= 15 is 0 Å². The Bertz CT molecular complexity index is 430. The first-order valence-electron chi connectivity index (χ1n) is 6.71. The van der Waals surface area contributed by atoms with Gasteiger partial charge in [0.2, 0.25) is 5.91 Å². The molecule has 0 spiro atoms. The van der Waals surface area contributed by atoms with E-state index in [-0.39, 0.29) is 11.7 Å². The van der Waals surface area contributed by atoms with E-state index in [1.54, 1.807) is 12.1 Å². The molecule has 2 unspecified atom stereocenters. The number of hydrogen-bond acceptors (Lipinski definition) is 2. The smallest absolute Gasteiger partial charge is 0.227 e. The topological polar surface area (TPSA) is 40.5 Å². The SMILES string of the molecule is CCC1CCC(C)N1C(=O)Cc1ccccc1O. The molecule has 1 aliphatic rings. The van der Waals surface area contributed by atoms with Gasteiger partial charge in [-0.3, -0.25) is 4.79 Å². The van der Waals surface area contributed by atoms with Gasteiger partial charge in [-0.2, -0.15) is 0 Å². The second-order valence-electron chi connectivity index (χ2n) is 5.09. The molecule has 1 fully saturated rings. The van der Waals surface area contributed by atoms with Crippen molar-refractivity contribution in [2.24, 2.45) is 0 Å². The van der Waals surface area contributed by atoms with Crippen LogP contribution in [-0.2, 0) is 11.2 Å². The number of benzene rings is 1. The van der Waals surface area contributed by atoms with Crippen LogP contribution in [-0.4, -0.2) is 28.0 Å². The van der Waals surface area contributed by atoms with Gasteiger partial charge < -0.3 is 10.0 Å². The third-order valence-corrected chi connectivity index (χ3v) is 3.88. The molecule has 3 heteroatoms. The van der Waals surface area contributed by atoms with E-state index < -0.39 is 0 Å². The van der Waals surface area contributed by atoms with E-state index in [4.69, 9.17) is 0 Å². The third-order valence-electron chi connectivity index (χ3n) is 3.88. The minimum atomic E-state index is 0.133. The summed E-state index contributed by atoms with van der Waals surface area (Å²) in [6.45, 7) is 4.24. The number of amides is 1. The summed E-state index contributed by atoms with van der Waals surface area (Å²) < 4.78 is 0. The molecule has 0 radical (unpaired) electrons. The highest BCUT2D eigenvalue weighted by Crippen LogP contribution is 2.27. The van der Waals surface area contributed by atoms with Crippen LogP contribution in [0.1, 0.15) is 38.7 Å². The summed E-state index contributed by atoms with van der Waals surface area (Å²) in [7, 11) is 0. The summed E-state index contributed by atoms with van der Waals surface area (Å²) in [5.41, 5.74) is 0.719. The lowest BCUT2D eigenvalue weighted by Gasteiger charge is -2.28. The minimum absolute atomic E-state index is 0.133. The summed E-state index contributed by atoms with van der Waals surface area (Å²) in [6.07, 6.45) is 3.50. The predicted molar refractivity (Wildman–Crippen MR) is 71.4 cm³/mol. The molecule has 1 heterocycles. The maximum atomic E-state index is 12.4. The summed E-state index contributed by atoms with van der Waals surface area (Å²) in [6, 6.07) is 7.78. The van der Waals surface area contributed by atoms with Crippen molar-refractivity contribution in [3.63, 3.8) is 0 Å². The number of aromatic hydroxyl groups is 1. The van der Waals surface area contributed by atoms with Crippen LogP contribution in [0.25, 0.3) is 0 Å². The van der Waals surface area contributed by atoms with Gasteiger partial charge in [0, 0.05) is 17.6 Å². The number of carbonyl (C=O) groups is 1. The lowest BCUT2D eigenvalue weighted by molar-refractivity contribution is -0.133. The molecule has 3 nitrogen and oxygen atoms in total. The van der Waals surface area contributed by atoms with Crippen LogP contribution in [0.5, 0.6) is 5.75 Å². The van der Waals surface area contributed by atoms with Gasteiger partial charge in [-0.1, -0.05) is 25.1 Å². The van der Waals surface area contributed by atoms with Crippen molar-refractivity contribution in [2.45, 2.75) is 51.6 Å². The first kappa shape index (κ1) is 12.9. The largest absolute Gasteiger partial charge is 0.508 e. The molecule has 1 N–H and O–H groups in total. The molecule has 18 heavy (non-hydrogen) atoms. The molecule has 1 saturated heterocycles. The van der Waals surface area contributed by atoms with Gasteiger partial charge in [0.25, 0.3) is 0 Å². The number of rotatable bonds is 3. The molecule has 0 saturated carbocycles. The Hall–Kier alpha value is -1.51. The number of nitrogens with zero attached hydrogens (tertiary/aromatic N) is 1. The van der Waals surface area contributed by atoms with Crippen molar-refractivity contribution < 1.29 is 9.90 Å². The zero-order valence-electron chi connectivity index (χ0n) is 11.1. The molecule has 0 aromatic heterocycles. The summed E-state index contributed by atoms with van der Waals surface area (Å²) >= 11 is 0. The number of phenols is 1. The molecule has 1 aromatic rings. The second-order valence-corrected chi connectivity index (χ2v) is 5.09. The van der Waals surface area contributed by atoms with E-state index in [9.17, 15) is 9.90 Å². The third kappa shape index (κ3) is 2.50. The van der Waals surface area contributed by atoms with Crippen molar-refractivity contribution in [3.8, 4) is 5.75 Å². The highest BCUT2D eigenvalue weighted by atomic mass is 16.3. The standard InChI is InChI=1S/C15H21NO2/c1-3-13-9-8-11(2)16(13)15(18)10-12-6-4-5-7-14(12)17/h4-7,11,13,17H,3,8-10H2,1-2H3. The molecule has 1 amide bonds. The summed E-state index contributed by atoms with van der Waals surface area (Å²) in [5.74, 6) is 0.346. The van der Waals surface area contributed by atoms with Crippen molar-refractivity contribution in [1.29, 1.82) is 0 Å². The Morgan fingerprint density at radius 3 is 2.78 bits per heavy atom. The van der Waals surface area contributed by atoms with Gasteiger partial charge in [-0.25, -0.2) is 0 Å². The van der Waals surface area contributed by atoms with Gasteiger partial charge in [-0.15, -0.1) is 0 Å². The molecule has 2 atom stereocenters. The van der Waals surface area contributed by atoms with Gasteiger partial charge in [0.05, 0.1) is 6.42 Å². The van der Waals surface area contributed by atoms with Gasteiger partial charge in [0.1, 0.15) is 5.75 Å². The normalized spacial score (nSPS) is 23.3. The van der Waals surface area contributed by atoms with E-state index in [0.29, 0.717) is 18.5 Å². The fourth-order valence-electron chi connectivity index (χ4n) is 2.84. The Morgan fingerprint density at radius 1 is 1.39 bits per heavy atom. The van der Waals surface area contributed by atoms with E-state index in [2.05, 4.69) is 13.8 Å². The Kier molecular flexibility index (Phi) is 3.90. The van der Waals surface area contributed by atoms with Crippen molar-refractivity contribution in [1.82, 2.24) is 4.90 Å². The van der Waals surface area contributed by atoms with Gasteiger partial charge in [0.15, 0.2) is 0 Å². The molecule has 0 bridgehead atoms. The predicted octanol–water partition coefficient (Wildman–Crippen LogP) is 2.72. The van der Waals surface area contributed by atoms with E-state index in [0.717, 1.165) is 24.8 Å². The van der Waals surface area contributed by atoms with Crippen molar-refractivity contribution >= 4 is 5.91 Å². The number of para-hydroxylation sites is 1. The Balaban J connectivity index is 2.10. The van der Waals surface area contributed by atoms with Crippen molar-refractivity contribution in [2.75, 3.05) is 0 Å². The average Bonchev–Trinajstić information content (AvgIpc) is 2.73. The second kappa shape index (κ2) is 5.42. The van der Waals surface area contributed by atoms with E-state index in [1.807, 2.05) is 17.0 Å². The molecule has 1 aromatic carbocycles. The molecular weight excluding hydrogens is 226 g/mol. The lowest BCUT2D eigenvalue weighted by atomic mass is 10.1. The molecule has 1 aliphatic heterocycles. The zero-order valence-corrected chi connectivity index (χ0v) is 11.1.